The van der Waals surface area contributed by atoms with Crippen LogP contribution in [-0.2, 0) is 11.3 Å². The van der Waals surface area contributed by atoms with Crippen molar-refractivity contribution in [3.05, 3.63) is 76.9 Å². The molecule has 1 aliphatic carbocycles. The predicted octanol–water partition coefficient (Wildman–Crippen LogP) is 4.98. The van der Waals surface area contributed by atoms with E-state index in [4.69, 9.17) is 4.99 Å². The van der Waals surface area contributed by atoms with Crippen molar-refractivity contribution >= 4 is 17.5 Å². The molecule has 1 aliphatic heterocycles. The minimum Gasteiger partial charge on any atom is -0.345 e. The molecular formula is C30H36FN7O2. The van der Waals surface area contributed by atoms with Crippen molar-refractivity contribution in [2.75, 3.05) is 0 Å². The number of amides is 2. The molecule has 5 rings (SSSR count). The quantitative estimate of drug-likeness (QED) is 0.434. The summed E-state index contributed by atoms with van der Waals surface area (Å²) in [4.78, 5) is 33.9. The van der Waals surface area contributed by atoms with E-state index in [0.29, 0.717) is 35.0 Å². The Labute approximate surface area is 233 Å². The van der Waals surface area contributed by atoms with Crippen LogP contribution >= 0.6 is 0 Å². The molecule has 9 nitrogen and oxygen atoms in total. The van der Waals surface area contributed by atoms with Gasteiger partial charge in [-0.1, -0.05) is 45.0 Å². The third kappa shape index (κ3) is 5.39. The normalized spacial score (nSPS) is 21.9. The summed E-state index contributed by atoms with van der Waals surface area (Å²) >= 11 is 0. The zero-order valence-corrected chi connectivity index (χ0v) is 23.4. The molecule has 1 fully saturated rings. The van der Waals surface area contributed by atoms with E-state index in [9.17, 15) is 14.0 Å². The minimum absolute atomic E-state index is 0.130. The summed E-state index contributed by atoms with van der Waals surface area (Å²) in [5, 5.41) is 16.3. The number of rotatable bonds is 7. The average molecular weight is 546 g/mol. The first-order valence-electron chi connectivity index (χ1n) is 13.9. The first kappa shape index (κ1) is 27.6. The van der Waals surface area contributed by atoms with Crippen LogP contribution in [0.2, 0.25) is 0 Å². The zero-order valence-electron chi connectivity index (χ0n) is 23.4. The summed E-state index contributed by atoms with van der Waals surface area (Å²) < 4.78 is 13.7. The summed E-state index contributed by atoms with van der Waals surface area (Å²) in [6.45, 7) is 9.05. The van der Waals surface area contributed by atoms with Crippen LogP contribution in [0.15, 0.2) is 53.5 Å². The van der Waals surface area contributed by atoms with E-state index >= 15 is 0 Å². The Bertz CT molecular complexity index is 1370. The Morgan fingerprint density at radius 2 is 1.80 bits per heavy atom. The van der Waals surface area contributed by atoms with E-state index in [1.54, 1.807) is 24.3 Å². The van der Waals surface area contributed by atoms with E-state index in [2.05, 4.69) is 53.6 Å². The number of aromatic amines is 1. The second-order valence-electron chi connectivity index (χ2n) is 11.8. The number of nitrogens with one attached hydrogen (secondary N) is 2. The van der Waals surface area contributed by atoms with Crippen molar-refractivity contribution in [1.29, 1.82) is 0 Å². The summed E-state index contributed by atoms with van der Waals surface area (Å²) in [7, 11) is 0. The Kier molecular flexibility index (Phi) is 7.53. The molecule has 3 aromatic rings. The van der Waals surface area contributed by atoms with Crippen molar-refractivity contribution in [3.63, 3.8) is 0 Å². The highest BCUT2D eigenvalue weighted by molar-refractivity contribution is 6.46. The lowest BCUT2D eigenvalue weighted by molar-refractivity contribution is -0.133. The molecule has 0 radical (unpaired) electrons. The summed E-state index contributed by atoms with van der Waals surface area (Å²) in [6.07, 6.45) is 4.19. The van der Waals surface area contributed by atoms with E-state index in [1.165, 1.54) is 12.1 Å². The Balaban J connectivity index is 1.42. The first-order chi connectivity index (χ1) is 19.1. The van der Waals surface area contributed by atoms with Gasteiger partial charge in [0, 0.05) is 11.1 Å². The number of hydrogen-bond acceptors (Lipinski definition) is 6. The highest BCUT2D eigenvalue weighted by atomic mass is 19.1. The maximum Gasteiger partial charge on any atom is 0.275 e. The lowest BCUT2D eigenvalue weighted by Crippen LogP contribution is -2.51. The van der Waals surface area contributed by atoms with Crippen molar-refractivity contribution in [2.45, 2.75) is 78.0 Å². The van der Waals surface area contributed by atoms with Crippen molar-refractivity contribution in [2.24, 2.45) is 16.3 Å². The maximum absolute atomic E-state index is 14.1. The molecule has 2 aromatic carbocycles. The third-order valence-electron chi connectivity index (χ3n) is 8.37. The van der Waals surface area contributed by atoms with Gasteiger partial charge in [-0.05, 0) is 85.4 Å². The van der Waals surface area contributed by atoms with Gasteiger partial charge < -0.3 is 10.2 Å². The third-order valence-corrected chi connectivity index (χ3v) is 8.37. The van der Waals surface area contributed by atoms with Crippen LogP contribution in [0.3, 0.4) is 0 Å². The number of nitrogens with zero attached hydrogens (tertiary/aromatic N) is 5. The van der Waals surface area contributed by atoms with Crippen LogP contribution in [-0.4, -0.2) is 48.7 Å². The molecule has 1 unspecified atom stereocenters. The van der Waals surface area contributed by atoms with Crippen molar-refractivity contribution in [1.82, 2.24) is 30.8 Å². The van der Waals surface area contributed by atoms with Gasteiger partial charge in [-0.15, -0.1) is 10.2 Å². The largest absolute Gasteiger partial charge is 0.345 e. The number of halogens is 1. The molecule has 2 aliphatic rings. The fourth-order valence-corrected chi connectivity index (χ4v) is 6.08. The van der Waals surface area contributed by atoms with Crippen molar-refractivity contribution < 1.29 is 14.0 Å². The van der Waals surface area contributed by atoms with Gasteiger partial charge in [-0.2, -0.15) is 5.21 Å². The number of tetrazole rings is 1. The van der Waals surface area contributed by atoms with Crippen LogP contribution in [0.4, 0.5) is 4.39 Å². The molecule has 0 saturated heterocycles. The topological polar surface area (TPSA) is 116 Å². The van der Waals surface area contributed by atoms with Crippen LogP contribution in [0.25, 0.3) is 0 Å². The second-order valence-corrected chi connectivity index (χ2v) is 11.8. The maximum atomic E-state index is 14.1. The predicted molar refractivity (Wildman–Crippen MR) is 149 cm³/mol. The van der Waals surface area contributed by atoms with Crippen LogP contribution in [0.1, 0.15) is 93.2 Å². The second kappa shape index (κ2) is 10.9. The van der Waals surface area contributed by atoms with E-state index in [-0.39, 0.29) is 35.6 Å². The number of aliphatic imine (C=N–C) groups is 1. The van der Waals surface area contributed by atoms with Gasteiger partial charge in [0.15, 0.2) is 5.82 Å². The Morgan fingerprint density at radius 1 is 1.12 bits per heavy atom. The molecule has 0 bridgehead atoms. The lowest BCUT2D eigenvalue weighted by atomic mass is 9.69. The van der Waals surface area contributed by atoms with Gasteiger partial charge in [-0.3, -0.25) is 14.6 Å². The van der Waals surface area contributed by atoms with Gasteiger partial charge in [-0.25, -0.2) is 4.39 Å². The standard InChI is InChI=1S/C30H36FN7O2/c1-5-24(19-6-8-21(9-7-19)27(39)32-18-25-34-36-37-35-25)38-28(40)26(20-10-12-23(31)13-11-20)33-30(38)16-14-22(15-17-30)29(2,3)4/h6-13,22,24H,5,14-18H2,1-4H3,(H,32,39)(H,34,35,36,37). The molecule has 2 heterocycles. The summed E-state index contributed by atoms with van der Waals surface area (Å²) in [5.74, 6) is 0.215. The molecule has 210 valence electrons. The fourth-order valence-electron chi connectivity index (χ4n) is 6.08. The highest BCUT2D eigenvalue weighted by Crippen LogP contribution is 2.49. The van der Waals surface area contributed by atoms with Crippen LogP contribution in [0, 0.1) is 17.2 Å². The smallest absolute Gasteiger partial charge is 0.275 e. The highest BCUT2D eigenvalue weighted by Gasteiger charge is 2.52. The van der Waals surface area contributed by atoms with Gasteiger partial charge >= 0.3 is 0 Å². The monoisotopic (exact) mass is 545 g/mol. The van der Waals surface area contributed by atoms with E-state index < -0.39 is 5.66 Å². The molecule has 2 amide bonds. The SMILES string of the molecule is CCC(c1ccc(C(=O)NCc2nn[nH]n2)cc1)N1C(=O)C(c2ccc(F)cc2)=NC12CCC(C(C)(C)C)CC2. The molecule has 10 heteroatoms. The average Bonchev–Trinajstić information content (AvgIpc) is 3.56. The van der Waals surface area contributed by atoms with E-state index in [1.807, 2.05) is 17.0 Å². The van der Waals surface area contributed by atoms with E-state index in [0.717, 1.165) is 31.2 Å². The minimum atomic E-state index is -0.649. The fraction of sp³-hybridized carbons (Fsp3) is 0.467. The first-order valence-corrected chi connectivity index (χ1v) is 13.9. The van der Waals surface area contributed by atoms with Gasteiger partial charge in [0.1, 0.15) is 17.2 Å². The summed E-state index contributed by atoms with van der Waals surface area (Å²) in [6, 6.07) is 13.2. The van der Waals surface area contributed by atoms with Gasteiger partial charge in [0.2, 0.25) is 0 Å². The van der Waals surface area contributed by atoms with Crippen LogP contribution < -0.4 is 5.32 Å². The molecule has 1 aromatic heterocycles. The molecule has 2 N–H and O–H groups in total. The summed E-state index contributed by atoms with van der Waals surface area (Å²) in [5.41, 5.74) is 2.00. The number of H-pyrrole nitrogens is 1. The lowest BCUT2D eigenvalue weighted by Gasteiger charge is -2.47. The molecule has 1 atom stereocenters. The van der Waals surface area contributed by atoms with Crippen molar-refractivity contribution in [3.8, 4) is 0 Å². The Morgan fingerprint density at radius 3 is 2.38 bits per heavy atom. The number of carbonyl (C=O) groups is 2. The van der Waals surface area contributed by atoms with Gasteiger partial charge in [0.25, 0.3) is 11.8 Å². The Hall–Kier alpha value is -3.95. The number of hydrogen-bond donors (Lipinski definition) is 2. The van der Waals surface area contributed by atoms with Gasteiger partial charge in [0.05, 0.1) is 12.6 Å². The number of carbonyl (C=O) groups excluding carboxylic acids is 2. The number of aromatic nitrogens is 4. The molecule has 1 saturated carbocycles. The molecular weight excluding hydrogens is 509 g/mol. The van der Waals surface area contributed by atoms with Crippen LogP contribution in [0.5, 0.6) is 0 Å². The number of benzene rings is 2. The zero-order chi connectivity index (χ0) is 28.5. The molecule has 40 heavy (non-hydrogen) atoms. The molecule has 1 spiro atoms.